The molecule has 25 heavy (non-hydrogen) atoms. The molecule has 0 saturated carbocycles. The second kappa shape index (κ2) is 7.84. The fraction of sp³-hybridized carbons (Fsp3) is 0.353. The number of thiazole rings is 1. The zero-order chi connectivity index (χ0) is 18.1. The monoisotopic (exact) mass is 383 g/mol. The van der Waals surface area contributed by atoms with Crippen molar-refractivity contribution in [2.75, 3.05) is 18.2 Å². The lowest BCUT2D eigenvalue weighted by molar-refractivity contribution is 0.0603. The summed E-state index contributed by atoms with van der Waals surface area (Å²) in [6.45, 7) is 7.67. The predicted octanol–water partition coefficient (Wildman–Crippen LogP) is 3.79. The number of esters is 1. The van der Waals surface area contributed by atoms with Crippen LogP contribution < -0.4 is 11.1 Å². The van der Waals surface area contributed by atoms with Gasteiger partial charge in [0.2, 0.25) is 0 Å². The quantitative estimate of drug-likeness (QED) is 0.621. The zero-order valence-corrected chi connectivity index (χ0v) is 16.4. The highest BCUT2D eigenvalue weighted by atomic mass is 35.5. The molecule has 2 aromatic rings. The summed E-state index contributed by atoms with van der Waals surface area (Å²) >= 11 is 1.10. The molecule has 1 amide bonds. The fourth-order valence-electron chi connectivity index (χ4n) is 2.16. The van der Waals surface area contributed by atoms with Crippen molar-refractivity contribution in [3.8, 4) is 0 Å². The Morgan fingerprint density at radius 2 is 1.92 bits per heavy atom. The summed E-state index contributed by atoms with van der Waals surface area (Å²) in [5.41, 5.74) is 7.78. The van der Waals surface area contributed by atoms with Crippen LogP contribution in [0, 0.1) is 6.92 Å². The Labute approximate surface area is 157 Å². The van der Waals surface area contributed by atoms with Crippen LogP contribution in [0.25, 0.3) is 0 Å². The molecule has 0 bridgehead atoms. The predicted molar refractivity (Wildman–Crippen MR) is 103 cm³/mol. The first kappa shape index (κ1) is 20.9. The number of aryl methyl sites for hydroxylation is 1. The van der Waals surface area contributed by atoms with E-state index in [4.69, 9.17) is 10.5 Å². The smallest absolute Gasteiger partial charge is 0.350 e. The average Bonchev–Trinajstić information content (AvgIpc) is 2.92. The van der Waals surface area contributed by atoms with Crippen molar-refractivity contribution in [2.45, 2.75) is 33.1 Å². The Morgan fingerprint density at radius 1 is 1.28 bits per heavy atom. The third-order valence-electron chi connectivity index (χ3n) is 3.44. The largest absolute Gasteiger partial charge is 0.465 e. The highest BCUT2D eigenvalue weighted by Crippen LogP contribution is 2.33. The van der Waals surface area contributed by atoms with Crippen molar-refractivity contribution in [1.29, 1.82) is 0 Å². The molecular formula is C17H22ClN3O3S. The van der Waals surface area contributed by atoms with E-state index in [0.717, 1.165) is 16.9 Å². The number of carbonyl (C=O) groups excluding carboxylic acids is 2. The summed E-state index contributed by atoms with van der Waals surface area (Å²) in [5.74, 6) is -0.775. The fourth-order valence-corrected chi connectivity index (χ4v) is 3.25. The van der Waals surface area contributed by atoms with E-state index < -0.39 is 5.97 Å². The van der Waals surface area contributed by atoms with Gasteiger partial charge in [-0.15, -0.1) is 12.4 Å². The number of nitrogens with zero attached hydrogens (tertiary/aromatic N) is 1. The molecule has 136 valence electrons. The number of amides is 1. The normalized spacial score (nSPS) is 10.8. The summed E-state index contributed by atoms with van der Waals surface area (Å²) in [6.07, 6.45) is 0. The highest BCUT2D eigenvalue weighted by Gasteiger charge is 2.28. The maximum Gasteiger partial charge on any atom is 0.350 e. The number of anilines is 2. The van der Waals surface area contributed by atoms with Crippen LogP contribution in [0.1, 0.15) is 52.1 Å². The number of hydrogen-bond donors (Lipinski definition) is 2. The second-order valence-electron chi connectivity index (χ2n) is 6.47. The van der Waals surface area contributed by atoms with Crippen LogP contribution in [-0.4, -0.2) is 24.0 Å². The van der Waals surface area contributed by atoms with Crippen LogP contribution in [0.4, 0.5) is 10.8 Å². The zero-order valence-electron chi connectivity index (χ0n) is 14.8. The van der Waals surface area contributed by atoms with Crippen molar-refractivity contribution >= 4 is 46.4 Å². The first-order chi connectivity index (χ1) is 11.1. The van der Waals surface area contributed by atoms with E-state index in [0.29, 0.717) is 27.0 Å². The molecule has 0 radical (unpaired) electrons. The van der Waals surface area contributed by atoms with Gasteiger partial charge in [0.05, 0.1) is 12.8 Å². The topological polar surface area (TPSA) is 94.3 Å². The molecule has 0 unspecified atom stereocenters. The number of rotatable bonds is 3. The number of nitrogens with two attached hydrogens (primary N) is 1. The average molecular weight is 384 g/mol. The SMILES string of the molecule is COC(=O)c1sc(NC(=O)c2cc(N)ccc2C)nc1C(C)(C)C.Cl. The van der Waals surface area contributed by atoms with E-state index in [1.54, 1.807) is 18.2 Å². The Bertz CT molecular complexity index is 797. The third kappa shape index (κ3) is 4.70. The van der Waals surface area contributed by atoms with Crippen molar-refractivity contribution < 1.29 is 14.3 Å². The third-order valence-corrected chi connectivity index (χ3v) is 4.39. The van der Waals surface area contributed by atoms with Gasteiger partial charge in [0.15, 0.2) is 5.13 Å². The maximum atomic E-state index is 12.5. The minimum Gasteiger partial charge on any atom is -0.465 e. The van der Waals surface area contributed by atoms with Crippen LogP contribution in [0.15, 0.2) is 18.2 Å². The standard InChI is InChI=1S/C17H21N3O3S.ClH/c1-9-6-7-10(18)8-11(9)14(21)20-16-19-13(17(2,3)4)12(24-16)15(22)23-5;/h6-8H,18H2,1-5H3,(H,19,20,21);1H. The van der Waals surface area contributed by atoms with Crippen molar-refractivity contribution in [3.63, 3.8) is 0 Å². The molecule has 3 N–H and O–H groups in total. The molecule has 0 aliphatic rings. The minimum absolute atomic E-state index is 0. The minimum atomic E-state index is -0.460. The second-order valence-corrected chi connectivity index (χ2v) is 7.47. The van der Waals surface area contributed by atoms with E-state index in [1.807, 2.05) is 27.7 Å². The van der Waals surface area contributed by atoms with Gasteiger partial charge in [-0.3, -0.25) is 10.1 Å². The number of aromatic nitrogens is 1. The number of benzene rings is 1. The van der Waals surface area contributed by atoms with E-state index in [9.17, 15) is 9.59 Å². The van der Waals surface area contributed by atoms with Crippen LogP contribution in [0.2, 0.25) is 0 Å². The van der Waals surface area contributed by atoms with Crippen LogP contribution in [-0.2, 0) is 10.2 Å². The number of carbonyl (C=O) groups is 2. The molecule has 0 atom stereocenters. The Morgan fingerprint density at radius 3 is 2.48 bits per heavy atom. The number of halogens is 1. The number of hydrogen-bond acceptors (Lipinski definition) is 6. The van der Waals surface area contributed by atoms with E-state index in [2.05, 4.69) is 10.3 Å². The first-order valence-corrected chi connectivity index (χ1v) is 8.22. The molecule has 0 aliphatic carbocycles. The van der Waals surface area contributed by atoms with Gasteiger partial charge in [0.1, 0.15) is 4.88 Å². The summed E-state index contributed by atoms with van der Waals surface area (Å²) in [5, 5.41) is 3.10. The van der Waals surface area contributed by atoms with Gasteiger partial charge in [0.25, 0.3) is 5.91 Å². The summed E-state index contributed by atoms with van der Waals surface area (Å²) in [7, 11) is 1.32. The van der Waals surface area contributed by atoms with Gasteiger partial charge in [-0.05, 0) is 24.6 Å². The molecule has 8 heteroatoms. The number of methoxy groups -OCH3 is 1. The summed E-state index contributed by atoms with van der Waals surface area (Å²) in [6, 6.07) is 5.14. The molecule has 1 aromatic heterocycles. The molecule has 0 spiro atoms. The van der Waals surface area contributed by atoms with E-state index in [1.165, 1.54) is 7.11 Å². The molecule has 1 aromatic carbocycles. The van der Waals surface area contributed by atoms with Crippen molar-refractivity contribution in [1.82, 2.24) is 4.98 Å². The summed E-state index contributed by atoms with van der Waals surface area (Å²) < 4.78 is 4.81. The van der Waals surface area contributed by atoms with Gasteiger partial charge >= 0.3 is 5.97 Å². The number of nitrogens with one attached hydrogen (secondary N) is 1. The van der Waals surface area contributed by atoms with Crippen molar-refractivity contribution in [3.05, 3.63) is 39.9 Å². The maximum absolute atomic E-state index is 12.5. The first-order valence-electron chi connectivity index (χ1n) is 7.40. The van der Waals surface area contributed by atoms with Gasteiger partial charge < -0.3 is 10.5 Å². The van der Waals surface area contributed by atoms with Crippen molar-refractivity contribution in [2.24, 2.45) is 0 Å². The molecule has 1 heterocycles. The molecule has 0 fully saturated rings. The lowest BCUT2D eigenvalue weighted by Gasteiger charge is -2.16. The number of ether oxygens (including phenoxy) is 1. The van der Waals surface area contributed by atoms with Gasteiger partial charge in [-0.25, -0.2) is 9.78 Å². The highest BCUT2D eigenvalue weighted by molar-refractivity contribution is 7.17. The molecule has 0 aliphatic heterocycles. The number of nitrogen functional groups attached to an aromatic ring is 1. The Kier molecular flexibility index (Phi) is 6.56. The van der Waals surface area contributed by atoms with Crippen LogP contribution in [0.5, 0.6) is 0 Å². The molecule has 6 nitrogen and oxygen atoms in total. The van der Waals surface area contributed by atoms with Gasteiger partial charge in [-0.1, -0.05) is 38.2 Å². The van der Waals surface area contributed by atoms with Gasteiger partial charge in [-0.2, -0.15) is 0 Å². The summed E-state index contributed by atoms with van der Waals surface area (Å²) in [4.78, 5) is 29.3. The molecular weight excluding hydrogens is 362 g/mol. The van der Waals surface area contributed by atoms with Crippen LogP contribution >= 0.6 is 23.7 Å². The Balaban J connectivity index is 0.00000312. The van der Waals surface area contributed by atoms with E-state index in [-0.39, 0.29) is 23.7 Å². The van der Waals surface area contributed by atoms with Gasteiger partial charge in [0, 0.05) is 16.7 Å². The van der Waals surface area contributed by atoms with Crippen LogP contribution in [0.3, 0.4) is 0 Å². The van der Waals surface area contributed by atoms with E-state index >= 15 is 0 Å². The lowest BCUT2D eigenvalue weighted by atomic mass is 9.91. The Hall–Kier alpha value is -2.12. The lowest BCUT2D eigenvalue weighted by Crippen LogP contribution is -2.17. The molecule has 2 rings (SSSR count). The molecule has 0 saturated heterocycles.